The molecule has 1 rings (SSSR count). The predicted molar refractivity (Wildman–Crippen MR) is 82.5 cm³/mol. The van der Waals surface area contributed by atoms with E-state index in [1.165, 1.54) is 11.1 Å². The lowest BCUT2D eigenvalue weighted by molar-refractivity contribution is -0.119. The first-order valence-electron chi connectivity index (χ1n) is 6.73. The third kappa shape index (κ3) is 6.65. The monoisotopic (exact) mass is 367 g/mol. The Bertz CT molecular complexity index is 470. The molecule has 1 aromatic heterocycles. The minimum absolute atomic E-state index is 0.124. The van der Waals surface area contributed by atoms with E-state index < -0.39 is 12.7 Å². The number of nitrogens with one attached hydrogen (secondary N) is 1. The van der Waals surface area contributed by atoms with Gasteiger partial charge in [-0.15, -0.1) is 0 Å². The van der Waals surface area contributed by atoms with E-state index in [-0.39, 0.29) is 12.1 Å². The van der Waals surface area contributed by atoms with E-state index >= 15 is 0 Å². The molecule has 0 unspecified atom stereocenters. The van der Waals surface area contributed by atoms with Gasteiger partial charge in [-0.25, -0.2) is 4.98 Å². The molecule has 0 spiro atoms. The van der Waals surface area contributed by atoms with Crippen LogP contribution < -0.4 is 10.2 Å². The molecule has 0 fully saturated rings. The summed E-state index contributed by atoms with van der Waals surface area (Å²) in [6, 6.07) is 1.81. The Morgan fingerprint density at radius 2 is 1.90 bits per heavy atom. The van der Waals surface area contributed by atoms with Crippen LogP contribution in [-0.4, -0.2) is 29.8 Å². The maximum Gasteiger partial charge on any atom is 0.405 e. The van der Waals surface area contributed by atoms with E-state index in [2.05, 4.69) is 26.2 Å². The molecule has 0 aliphatic carbocycles. The number of pyridine rings is 1. The molecule has 0 aliphatic rings. The fraction of sp³-hybridized carbons (Fsp3) is 0.643. The Balaban J connectivity index is 3.04. The minimum atomic E-state index is -4.25. The van der Waals surface area contributed by atoms with Crippen molar-refractivity contribution in [1.29, 1.82) is 0 Å². The first kappa shape index (κ1) is 18.2. The van der Waals surface area contributed by atoms with Gasteiger partial charge in [-0.05, 0) is 49.7 Å². The van der Waals surface area contributed by atoms with Crippen LogP contribution in [0.5, 0.6) is 0 Å². The summed E-state index contributed by atoms with van der Waals surface area (Å²) in [5.41, 5.74) is 0.617. The zero-order valence-corrected chi connectivity index (χ0v) is 14.3. The summed E-state index contributed by atoms with van der Waals surface area (Å²) in [6.45, 7) is 7.41. The zero-order chi connectivity index (χ0) is 16.3. The van der Waals surface area contributed by atoms with E-state index in [1.807, 2.05) is 20.8 Å². The van der Waals surface area contributed by atoms with Gasteiger partial charge in [0.2, 0.25) is 0 Å². The van der Waals surface area contributed by atoms with E-state index in [1.54, 1.807) is 13.0 Å². The van der Waals surface area contributed by atoms with Crippen molar-refractivity contribution in [1.82, 2.24) is 10.3 Å². The highest BCUT2D eigenvalue weighted by Gasteiger charge is 2.31. The number of nitrogens with zero attached hydrogens (tertiary/aromatic N) is 2. The Kier molecular flexibility index (Phi) is 6.04. The van der Waals surface area contributed by atoms with Crippen LogP contribution in [0.2, 0.25) is 0 Å². The summed E-state index contributed by atoms with van der Waals surface area (Å²) in [7, 11) is 0. The molecule has 0 saturated heterocycles. The molecule has 0 bridgehead atoms. The van der Waals surface area contributed by atoms with Gasteiger partial charge in [0.1, 0.15) is 12.4 Å². The highest BCUT2D eigenvalue weighted by molar-refractivity contribution is 9.10. The largest absolute Gasteiger partial charge is 0.405 e. The number of anilines is 1. The molecule has 3 nitrogen and oxygen atoms in total. The molecule has 1 aromatic rings. The summed E-state index contributed by atoms with van der Waals surface area (Å²) in [4.78, 5) is 5.42. The molecule has 21 heavy (non-hydrogen) atoms. The summed E-state index contributed by atoms with van der Waals surface area (Å²) in [6.07, 6.45) is -2.73. The zero-order valence-electron chi connectivity index (χ0n) is 12.7. The average Bonchev–Trinajstić information content (AvgIpc) is 2.32. The smallest absolute Gasteiger partial charge is 0.348 e. The molecule has 0 saturated carbocycles. The normalized spacial score (nSPS) is 12.6. The van der Waals surface area contributed by atoms with Crippen molar-refractivity contribution in [3.63, 3.8) is 0 Å². The molecule has 0 aliphatic heterocycles. The number of hydrogen-bond acceptors (Lipinski definition) is 3. The molecule has 0 aromatic carbocycles. The summed E-state index contributed by atoms with van der Waals surface area (Å²) in [5, 5.41) is 3.28. The van der Waals surface area contributed by atoms with E-state index in [4.69, 9.17) is 0 Å². The van der Waals surface area contributed by atoms with Crippen molar-refractivity contribution in [2.75, 3.05) is 18.0 Å². The number of alkyl halides is 3. The second kappa shape index (κ2) is 6.96. The van der Waals surface area contributed by atoms with Gasteiger partial charge in [-0.2, -0.15) is 13.2 Å². The van der Waals surface area contributed by atoms with Crippen molar-refractivity contribution in [2.24, 2.45) is 0 Å². The standard InChI is InChI=1S/C14H21BrF3N3/c1-5-21(9-14(16,17)18)12-10(6-11(15)8-19-12)7-20-13(2,3)4/h6,8,20H,5,7,9H2,1-4H3. The van der Waals surface area contributed by atoms with Crippen molar-refractivity contribution >= 4 is 21.7 Å². The van der Waals surface area contributed by atoms with Crippen LogP contribution in [-0.2, 0) is 6.54 Å². The molecule has 120 valence electrons. The SMILES string of the molecule is CCN(CC(F)(F)F)c1ncc(Br)cc1CNC(C)(C)C. The third-order valence-electron chi connectivity index (χ3n) is 2.77. The van der Waals surface area contributed by atoms with Crippen LogP contribution in [0.3, 0.4) is 0 Å². The van der Waals surface area contributed by atoms with Gasteiger partial charge in [0.05, 0.1) is 0 Å². The first-order valence-corrected chi connectivity index (χ1v) is 7.52. The predicted octanol–water partition coefficient (Wildman–Crippen LogP) is 4.12. The Labute approximate surface area is 132 Å². The van der Waals surface area contributed by atoms with Gasteiger partial charge in [-0.1, -0.05) is 0 Å². The molecule has 7 heteroatoms. The number of rotatable bonds is 5. The van der Waals surface area contributed by atoms with Gasteiger partial charge in [0, 0.05) is 34.9 Å². The van der Waals surface area contributed by atoms with Crippen LogP contribution in [0.25, 0.3) is 0 Å². The van der Waals surface area contributed by atoms with Crippen LogP contribution in [0.1, 0.15) is 33.3 Å². The van der Waals surface area contributed by atoms with Crippen molar-refractivity contribution < 1.29 is 13.2 Å². The van der Waals surface area contributed by atoms with Crippen molar-refractivity contribution in [3.8, 4) is 0 Å². The van der Waals surface area contributed by atoms with E-state index in [0.29, 0.717) is 12.4 Å². The fourth-order valence-corrected chi connectivity index (χ4v) is 2.18. The van der Waals surface area contributed by atoms with E-state index in [0.717, 1.165) is 10.0 Å². The van der Waals surface area contributed by atoms with Gasteiger partial charge in [-0.3, -0.25) is 0 Å². The molecule has 0 atom stereocenters. The van der Waals surface area contributed by atoms with Crippen molar-refractivity contribution in [3.05, 3.63) is 22.3 Å². The third-order valence-corrected chi connectivity index (χ3v) is 3.20. The summed E-state index contributed by atoms with van der Waals surface area (Å²) >= 11 is 3.32. The second-order valence-corrected chi connectivity index (χ2v) is 6.78. The molecular formula is C14H21BrF3N3. The highest BCUT2D eigenvalue weighted by Crippen LogP contribution is 2.25. The van der Waals surface area contributed by atoms with Gasteiger partial charge >= 0.3 is 6.18 Å². The number of halogens is 4. The van der Waals surface area contributed by atoms with Gasteiger partial charge in [0.25, 0.3) is 0 Å². The summed E-state index contributed by atoms with van der Waals surface area (Å²) in [5.74, 6) is 0.370. The lowest BCUT2D eigenvalue weighted by Gasteiger charge is -2.27. The van der Waals surface area contributed by atoms with Crippen molar-refractivity contribution in [2.45, 2.75) is 46.0 Å². The topological polar surface area (TPSA) is 28.2 Å². The Morgan fingerprint density at radius 1 is 1.29 bits per heavy atom. The number of aromatic nitrogens is 1. The number of hydrogen-bond donors (Lipinski definition) is 1. The maximum atomic E-state index is 12.7. The second-order valence-electron chi connectivity index (χ2n) is 5.87. The van der Waals surface area contributed by atoms with Crippen LogP contribution in [0.15, 0.2) is 16.7 Å². The fourth-order valence-electron chi connectivity index (χ4n) is 1.80. The quantitative estimate of drug-likeness (QED) is 0.848. The lowest BCUT2D eigenvalue weighted by Crippen LogP contribution is -2.38. The van der Waals surface area contributed by atoms with Crippen LogP contribution >= 0.6 is 15.9 Å². The first-order chi connectivity index (χ1) is 9.52. The van der Waals surface area contributed by atoms with Crippen LogP contribution in [0.4, 0.5) is 19.0 Å². The lowest BCUT2D eigenvalue weighted by atomic mass is 10.1. The molecule has 0 radical (unpaired) electrons. The highest BCUT2D eigenvalue weighted by atomic mass is 79.9. The maximum absolute atomic E-state index is 12.7. The molecular weight excluding hydrogens is 347 g/mol. The van der Waals surface area contributed by atoms with Gasteiger partial charge < -0.3 is 10.2 Å². The molecule has 1 N–H and O–H groups in total. The van der Waals surface area contributed by atoms with Crippen LogP contribution in [0, 0.1) is 0 Å². The Morgan fingerprint density at radius 3 is 2.38 bits per heavy atom. The molecule has 1 heterocycles. The van der Waals surface area contributed by atoms with Gasteiger partial charge in [0.15, 0.2) is 0 Å². The minimum Gasteiger partial charge on any atom is -0.348 e. The Hall–Kier alpha value is -0.820. The summed E-state index contributed by atoms with van der Waals surface area (Å²) < 4.78 is 38.8. The average molecular weight is 368 g/mol. The molecule has 0 amide bonds. The van der Waals surface area contributed by atoms with E-state index in [9.17, 15) is 13.2 Å².